The van der Waals surface area contributed by atoms with Crippen LogP contribution in [0, 0.1) is 11.6 Å². The highest BCUT2D eigenvalue weighted by Gasteiger charge is 2.01. The minimum absolute atomic E-state index is 0.211. The molecule has 5 heteroatoms. The van der Waals surface area contributed by atoms with Crippen LogP contribution in [0.4, 0.5) is 8.78 Å². The van der Waals surface area contributed by atoms with Gasteiger partial charge >= 0.3 is 0 Å². The van der Waals surface area contributed by atoms with Crippen molar-refractivity contribution in [2.75, 3.05) is 26.3 Å². The van der Waals surface area contributed by atoms with Crippen molar-refractivity contribution >= 4 is 0 Å². The van der Waals surface area contributed by atoms with Crippen LogP contribution in [0.5, 0.6) is 5.75 Å². The molecular weight excluding hydrogens is 252 g/mol. The lowest BCUT2D eigenvalue weighted by atomic mass is 10.3. The first-order valence-corrected chi connectivity index (χ1v) is 6.49. The molecule has 0 saturated carbocycles. The average molecular weight is 273 g/mol. The lowest BCUT2D eigenvalue weighted by molar-refractivity contribution is 0.0770. The fourth-order valence-corrected chi connectivity index (χ4v) is 1.49. The van der Waals surface area contributed by atoms with Crippen LogP contribution in [-0.4, -0.2) is 32.4 Å². The predicted molar refractivity (Wildman–Crippen MR) is 70.4 cm³/mol. The summed E-state index contributed by atoms with van der Waals surface area (Å²) in [4.78, 5) is 0. The highest BCUT2D eigenvalue weighted by atomic mass is 19.1. The van der Waals surface area contributed by atoms with Crippen molar-refractivity contribution in [1.29, 1.82) is 0 Å². The summed E-state index contributed by atoms with van der Waals surface area (Å²) >= 11 is 0. The number of hydrogen-bond donors (Lipinski definition) is 1. The molecule has 0 aliphatic carbocycles. The Bertz CT molecular complexity index is 352. The number of ether oxygens (including phenoxy) is 2. The Morgan fingerprint density at radius 3 is 2.37 bits per heavy atom. The summed E-state index contributed by atoms with van der Waals surface area (Å²) in [6.07, 6.45) is 1.18. The van der Waals surface area contributed by atoms with Crippen LogP contribution in [0.1, 0.15) is 20.3 Å². The molecule has 0 radical (unpaired) electrons. The maximum absolute atomic E-state index is 12.9. The molecule has 1 rings (SSSR count). The molecule has 19 heavy (non-hydrogen) atoms. The van der Waals surface area contributed by atoms with Crippen molar-refractivity contribution in [3.63, 3.8) is 0 Å². The van der Waals surface area contributed by atoms with Crippen molar-refractivity contribution in [3.8, 4) is 5.75 Å². The van der Waals surface area contributed by atoms with Gasteiger partial charge in [-0.05, 0) is 26.8 Å². The Labute approximate surface area is 112 Å². The van der Waals surface area contributed by atoms with Crippen LogP contribution in [0.25, 0.3) is 0 Å². The summed E-state index contributed by atoms with van der Waals surface area (Å²) in [5.74, 6) is -1.05. The molecule has 0 aliphatic rings. The summed E-state index contributed by atoms with van der Waals surface area (Å²) in [5, 5.41) is 3.17. The van der Waals surface area contributed by atoms with Gasteiger partial charge in [0.05, 0.1) is 6.10 Å². The Morgan fingerprint density at radius 1 is 1.05 bits per heavy atom. The molecule has 0 amide bonds. The van der Waals surface area contributed by atoms with E-state index in [1.165, 1.54) is 12.1 Å². The molecule has 0 saturated heterocycles. The van der Waals surface area contributed by atoms with Crippen molar-refractivity contribution in [3.05, 3.63) is 29.8 Å². The topological polar surface area (TPSA) is 30.5 Å². The molecule has 0 spiro atoms. The van der Waals surface area contributed by atoms with E-state index < -0.39 is 11.6 Å². The SMILES string of the molecule is CC(C)OCCCNCCOc1cc(F)cc(F)c1. The third-order valence-corrected chi connectivity index (χ3v) is 2.33. The third-order valence-electron chi connectivity index (χ3n) is 2.33. The molecule has 1 N–H and O–H groups in total. The van der Waals surface area contributed by atoms with E-state index in [-0.39, 0.29) is 11.9 Å². The van der Waals surface area contributed by atoms with Gasteiger partial charge in [0.15, 0.2) is 0 Å². The van der Waals surface area contributed by atoms with Gasteiger partial charge in [0.2, 0.25) is 0 Å². The lowest BCUT2D eigenvalue weighted by Gasteiger charge is -2.09. The first-order chi connectivity index (χ1) is 9.08. The van der Waals surface area contributed by atoms with E-state index in [4.69, 9.17) is 9.47 Å². The molecule has 1 aromatic carbocycles. The normalized spacial score (nSPS) is 11.0. The van der Waals surface area contributed by atoms with E-state index in [0.29, 0.717) is 13.2 Å². The summed E-state index contributed by atoms with van der Waals surface area (Å²) in [7, 11) is 0. The van der Waals surface area contributed by atoms with Crippen LogP contribution < -0.4 is 10.1 Å². The average Bonchev–Trinajstić information content (AvgIpc) is 2.31. The van der Waals surface area contributed by atoms with Crippen LogP contribution in [-0.2, 0) is 4.74 Å². The van der Waals surface area contributed by atoms with Crippen molar-refractivity contribution in [2.45, 2.75) is 26.4 Å². The monoisotopic (exact) mass is 273 g/mol. The van der Waals surface area contributed by atoms with Gasteiger partial charge in [0.1, 0.15) is 24.0 Å². The Hall–Kier alpha value is -1.20. The summed E-state index contributed by atoms with van der Waals surface area (Å²) in [6.45, 7) is 6.54. The van der Waals surface area contributed by atoms with Crippen LogP contribution in [0.3, 0.4) is 0 Å². The Balaban J connectivity index is 2.04. The third kappa shape index (κ3) is 7.74. The molecule has 0 heterocycles. The molecule has 0 aliphatic heterocycles. The van der Waals surface area contributed by atoms with Gasteiger partial charge in [-0.25, -0.2) is 8.78 Å². The van der Waals surface area contributed by atoms with E-state index in [0.717, 1.165) is 25.6 Å². The van der Waals surface area contributed by atoms with Gasteiger partial charge in [-0.2, -0.15) is 0 Å². The van der Waals surface area contributed by atoms with Gasteiger partial charge in [-0.1, -0.05) is 0 Å². The van der Waals surface area contributed by atoms with E-state index in [2.05, 4.69) is 5.32 Å². The second-order valence-corrected chi connectivity index (χ2v) is 4.48. The van der Waals surface area contributed by atoms with Crippen molar-refractivity contribution in [1.82, 2.24) is 5.32 Å². The largest absolute Gasteiger partial charge is 0.492 e. The maximum atomic E-state index is 12.9. The fourth-order valence-electron chi connectivity index (χ4n) is 1.49. The zero-order valence-corrected chi connectivity index (χ0v) is 11.4. The second kappa shape index (κ2) is 8.82. The summed E-state index contributed by atoms with van der Waals surface area (Å²) in [5.41, 5.74) is 0. The standard InChI is InChI=1S/C14H21F2NO2/c1-11(2)18-6-3-4-17-5-7-19-14-9-12(15)8-13(16)10-14/h8-11,17H,3-7H2,1-2H3. The predicted octanol–water partition coefficient (Wildman–Crippen LogP) is 2.75. The molecule has 0 atom stereocenters. The van der Waals surface area contributed by atoms with Crippen LogP contribution in [0.2, 0.25) is 0 Å². The number of hydrogen-bond acceptors (Lipinski definition) is 3. The van der Waals surface area contributed by atoms with E-state index >= 15 is 0 Å². The molecule has 0 fully saturated rings. The summed E-state index contributed by atoms with van der Waals surface area (Å²) < 4.78 is 36.3. The van der Waals surface area contributed by atoms with Gasteiger partial charge < -0.3 is 14.8 Å². The van der Waals surface area contributed by atoms with Crippen molar-refractivity contribution < 1.29 is 18.3 Å². The van der Waals surface area contributed by atoms with Gasteiger partial charge in [-0.3, -0.25) is 0 Å². The van der Waals surface area contributed by atoms with Crippen molar-refractivity contribution in [2.24, 2.45) is 0 Å². The number of benzene rings is 1. The first-order valence-electron chi connectivity index (χ1n) is 6.49. The van der Waals surface area contributed by atoms with E-state index in [9.17, 15) is 8.78 Å². The zero-order chi connectivity index (χ0) is 14.1. The van der Waals surface area contributed by atoms with Crippen LogP contribution in [0.15, 0.2) is 18.2 Å². The molecule has 1 aromatic rings. The smallest absolute Gasteiger partial charge is 0.129 e. The quantitative estimate of drug-likeness (QED) is 0.702. The molecule has 0 bridgehead atoms. The van der Waals surface area contributed by atoms with Gasteiger partial charge in [-0.15, -0.1) is 0 Å². The fraction of sp³-hybridized carbons (Fsp3) is 0.571. The lowest BCUT2D eigenvalue weighted by Crippen LogP contribution is -2.23. The molecular formula is C14H21F2NO2. The minimum Gasteiger partial charge on any atom is -0.492 e. The molecule has 0 unspecified atom stereocenters. The number of rotatable bonds is 9. The van der Waals surface area contributed by atoms with Crippen LogP contribution >= 0.6 is 0 Å². The Kier molecular flexibility index (Phi) is 7.36. The van der Waals surface area contributed by atoms with Gasteiger partial charge in [0.25, 0.3) is 0 Å². The first kappa shape index (κ1) is 15.9. The molecule has 0 aromatic heterocycles. The number of nitrogens with one attached hydrogen (secondary N) is 1. The van der Waals surface area contributed by atoms with E-state index in [1.807, 2.05) is 13.8 Å². The highest BCUT2D eigenvalue weighted by Crippen LogP contribution is 2.14. The second-order valence-electron chi connectivity index (χ2n) is 4.48. The van der Waals surface area contributed by atoms with Gasteiger partial charge in [0, 0.05) is 31.4 Å². The highest BCUT2D eigenvalue weighted by molar-refractivity contribution is 5.23. The molecule has 3 nitrogen and oxygen atoms in total. The molecule has 108 valence electrons. The summed E-state index contributed by atoms with van der Waals surface area (Å²) in [6, 6.07) is 3.15. The number of halogens is 2. The maximum Gasteiger partial charge on any atom is 0.129 e. The zero-order valence-electron chi connectivity index (χ0n) is 11.4. The minimum atomic E-state index is -0.631. The Morgan fingerprint density at radius 2 is 1.74 bits per heavy atom. The van der Waals surface area contributed by atoms with E-state index in [1.54, 1.807) is 0 Å².